The summed E-state index contributed by atoms with van der Waals surface area (Å²) in [5, 5.41) is 0. The number of rotatable bonds is 16. The lowest BCUT2D eigenvalue weighted by Crippen LogP contribution is -2.29. The third-order valence-electron chi connectivity index (χ3n) is 19.7. The minimum absolute atomic E-state index is 0.0772. The topological polar surface area (TPSA) is 24.9 Å². The molecule has 2 atom stereocenters. The van der Waals surface area contributed by atoms with Crippen LogP contribution < -0.4 is 19.3 Å². The average molecular weight is 1280 g/mol. The van der Waals surface area contributed by atoms with Crippen LogP contribution in [-0.2, 0) is 21.7 Å². The molecule has 2 aliphatic carbocycles. The van der Waals surface area contributed by atoms with Gasteiger partial charge in [-0.25, -0.2) is 8.78 Å². The molecule has 0 saturated heterocycles. The number of hydrogen-bond acceptors (Lipinski definition) is 4. The number of hydrogen-bond donors (Lipinski definition) is 0. The molecule has 0 aliphatic heterocycles. The molecule has 0 heterocycles. The Kier molecular flexibility index (Phi) is 15.9. The molecule has 98 heavy (non-hydrogen) atoms. The Morgan fingerprint density at radius 3 is 0.918 bits per heavy atom. The summed E-state index contributed by atoms with van der Waals surface area (Å²) in [5.41, 5.74) is 20.6. The Hall–Kier alpha value is -11.6. The van der Waals surface area contributed by atoms with E-state index in [1.807, 2.05) is 72.8 Å². The number of anilines is 6. The van der Waals surface area contributed by atoms with Crippen LogP contribution >= 0.6 is 0 Å². The van der Waals surface area contributed by atoms with Crippen LogP contribution in [0.2, 0.25) is 0 Å². The summed E-state index contributed by atoms with van der Waals surface area (Å²) in [5.74, 6) is 2.17. The average Bonchev–Trinajstić information content (AvgIpc) is 1.53. The largest absolute Gasteiger partial charge is 0.457 e. The van der Waals surface area contributed by atoms with E-state index in [9.17, 15) is 0 Å². The molecule has 2 unspecified atom stereocenters. The first-order valence-corrected chi connectivity index (χ1v) is 33.5. The Morgan fingerprint density at radius 1 is 0.296 bits per heavy atom. The maximum absolute atomic E-state index is 16.0. The maximum Gasteiger partial charge on any atom is 0.127 e. The molecule has 6 heteroatoms. The van der Waals surface area contributed by atoms with Crippen LogP contribution in [0.3, 0.4) is 0 Å². The van der Waals surface area contributed by atoms with E-state index in [-0.39, 0.29) is 22.5 Å². The van der Waals surface area contributed by atoms with E-state index < -0.39 is 10.8 Å². The Bertz CT molecular complexity index is 4820. The van der Waals surface area contributed by atoms with E-state index in [0.717, 1.165) is 112 Å². The quantitative estimate of drug-likeness (QED) is 0.0963. The van der Waals surface area contributed by atoms with Gasteiger partial charge in [-0.15, -0.1) is 0 Å². The standard InChI is InChI=1S/C92H74F2N2O2/c1-9-61-25-47-77(48-26-61)97-79-51-37-67(38-52-79)91(65-33-29-63(30-34-65)89(3,4)5)85-23-13-11-21-81(85)83-55-45-75(59-87(83)91)95(73-19-15-17-69(93)57-73)71-41-43-72(44-42-71)96(74-20-16-18-70(94)58-74)76-46-56-84-82-22-12-14-24-86(82)92(88(84)60-76,66-35-31-64(32-36-66)90(6,7)8)68-39-53-80(54-40-68)98-78-49-27-62(10-2)28-50-78/h9-60H,1-2H2,3-8H3. The lowest BCUT2D eigenvalue weighted by molar-refractivity contribution is 0.482. The zero-order valence-corrected chi connectivity index (χ0v) is 55.9. The van der Waals surface area contributed by atoms with Crippen molar-refractivity contribution in [3.63, 3.8) is 0 Å². The van der Waals surface area contributed by atoms with Crippen LogP contribution in [0.15, 0.2) is 316 Å². The second-order valence-electron chi connectivity index (χ2n) is 27.7. The summed E-state index contributed by atoms with van der Waals surface area (Å²) in [4.78, 5) is 4.26. The predicted octanol–water partition coefficient (Wildman–Crippen LogP) is 25.1. The normalized spacial score (nSPS) is 15.1. The molecular formula is C92H74F2N2O2. The summed E-state index contributed by atoms with van der Waals surface area (Å²) in [6.07, 6.45) is 3.64. The first-order valence-electron chi connectivity index (χ1n) is 33.5. The van der Waals surface area contributed by atoms with Crippen LogP contribution in [-0.4, -0.2) is 0 Å². The first kappa shape index (κ1) is 62.5. The molecule has 13 aromatic rings. The minimum Gasteiger partial charge on any atom is -0.457 e. The van der Waals surface area contributed by atoms with Crippen molar-refractivity contribution < 1.29 is 18.3 Å². The van der Waals surface area contributed by atoms with Crippen LogP contribution in [0.5, 0.6) is 23.0 Å². The van der Waals surface area contributed by atoms with Crippen LogP contribution in [0.1, 0.15) is 108 Å². The van der Waals surface area contributed by atoms with Gasteiger partial charge in [0.25, 0.3) is 0 Å². The van der Waals surface area contributed by atoms with E-state index >= 15 is 8.78 Å². The smallest absolute Gasteiger partial charge is 0.127 e. The van der Waals surface area contributed by atoms with Gasteiger partial charge in [-0.1, -0.05) is 237 Å². The fourth-order valence-corrected chi connectivity index (χ4v) is 14.9. The Balaban J connectivity index is 0.871. The molecule has 13 aromatic carbocycles. The van der Waals surface area contributed by atoms with Crippen molar-refractivity contribution in [1.29, 1.82) is 0 Å². The van der Waals surface area contributed by atoms with Crippen LogP contribution in [0.4, 0.5) is 42.9 Å². The molecule has 0 N–H and O–H groups in total. The predicted molar refractivity (Wildman–Crippen MR) is 401 cm³/mol. The summed E-state index contributed by atoms with van der Waals surface area (Å²) >= 11 is 0. The molecule has 15 rings (SSSR count). The Labute approximate surface area is 574 Å². The van der Waals surface area contributed by atoms with E-state index in [0.29, 0.717) is 22.9 Å². The van der Waals surface area contributed by atoms with E-state index in [2.05, 4.69) is 271 Å². The zero-order valence-electron chi connectivity index (χ0n) is 55.9. The summed E-state index contributed by atoms with van der Waals surface area (Å²) in [6.45, 7) is 21.3. The third-order valence-corrected chi connectivity index (χ3v) is 19.7. The lowest BCUT2D eigenvalue weighted by atomic mass is 9.67. The van der Waals surface area contributed by atoms with Crippen molar-refractivity contribution in [1.82, 2.24) is 0 Å². The van der Waals surface area contributed by atoms with Crippen molar-refractivity contribution >= 4 is 46.3 Å². The zero-order chi connectivity index (χ0) is 67.5. The number of benzene rings is 13. The van der Waals surface area contributed by atoms with E-state index in [1.54, 1.807) is 24.3 Å². The monoisotopic (exact) mass is 1280 g/mol. The molecule has 0 radical (unpaired) electrons. The van der Waals surface area contributed by atoms with Crippen molar-refractivity contribution in [2.24, 2.45) is 0 Å². The van der Waals surface area contributed by atoms with E-state index in [1.165, 1.54) is 23.3 Å². The van der Waals surface area contributed by atoms with Crippen molar-refractivity contribution in [3.8, 4) is 45.3 Å². The van der Waals surface area contributed by atoms with Crippen LogP contribution in [0, 0.1) is 11.6 Å². The number of halogens is 2. The van der Waals surface area contributed by atoms with Crippen molar-refractivity contribution in [2.75, 3.05) is 9.80 Å². The molecule has 2 aliphatic rings. The van der Waals surface area contributed by atoms with Crippen molar-refractivity contribution in [3.05, 3.63) is 395 Å². The van der Waals surface area contributed by atoms with Crippen molar-refractivity contribution in [2.45, 2.75) is 63.2 Å². The number of nitrogens with zero attached hydrogens (tertiary/aromatic N) is 2. The van der Waals surface area contributed by atoms with Gasteiger partial charge in [-0.05, 0) is 233 Å². The summed E-state index contributed by atoms with van der Waals surface area (Å²) in [6, 6.07) is 104. The second-order valence-corrected chi connectivity index (χ2v) is 27.7. The number of fused-ring (bicyclic) bond motifs is 6. The molecule has 4 nitrogen and oxygen atoms in total. The van der Waals surface area contributed by atoms with E-state index in [4.69, 9.17) is 9.47 Å². The van der Waals surface area contributed by atoms with Gasteiger partial charge >= 0.3 is 0 Å². The molecule has 0 saturated carbocycles. The van der Waals surface area contributed by atoms with Gasteiger partial charge < -0.3 is 19.3 Å². The maximum atomic E-state index is 16.0. The van der Waals surface area contributed by atoms with Gasteiger partial charge in [0.2, 0.25) is 0 Å². The minimum atomic E-state index is -0.799. The van der Waals surface area contributed by atoms with Gasteiger partial charge in [0.15, 0.2) is 0 Å². The molecule has 0 bridgehead atoms. The van der Waals surface area contributed by atoms with Gasteiger partial charge in [0.05, 0.1) is 10.8 Å². The second kappa shape index (κ2) is 24.9. The van der Waals surface area contributed by atoms with Gasteiger partial charge in [-0.2, -0.15) is 0 Å². The van der Waals surface area contributed by atoms with Gasteiger partial charge in [0, 0.05) is 34.1 Å². The summed E-state index contributed by atoms with van der Waals surface area (Å²) < 4.78 is 44.9. The molecular weight excluding hydrogens is 1200 g/mol. The fourth-order valence-electron chi connectivity index (χ4n) is 14.9. The highest BCUT2D eigenvalue weighted by molar-refractivity contribution is 5.92. The molecule has 0 fully saturated rings. The fraction of sp³-hybridized carbons (Fsp3) is 0.109. The first-order chi connectivity index (χ1) is 47.5. The molecule has 0 aromatic heterocycles. The molecule has 478 valence electrons. The van der Waals surface area contributed by atoms with Gasteiger partial charge in [0.1, 0.15) is 34.6 Å². The van der Waals surface area contributed by atoms with Crippen LogP contribution in [0.25, 0.3) is 34.4 Å². The Morgan fingerprint density at radius 2 is 0.592 bits per heavy atom. The highest BCUT2D eigenvalue weighted by atomic mass is 19.1. The number of ether oxygens (including phenoxy) is 2. The lowest BCUT2D eigenvalue weighted by Gasteiger charge is -2.36. The SMILES string of the molecule is C=Cc1ccc(Oc2ccc(C3(c4ccc(C(C)(C)C)cc4)c4ccccc4-c4ccc(N(c5ccc(N(c6cccc(F)c6)c6ccc7c(c6)C(c6ccc(Oc8ccc(C=C)cc8)cc6)(c6ccc(C(C)(C)C)cc6)c6ccccc6-7)cc5)c5cccc(F)c5)cc43)cc2)cc1. The molecule has 0 spiro atoms. The highest BCUT2D eigenvalue weighted by Crippen LogP contribution is 2.60. The highest BCUT2D eigenvalue weighted by Gasteiger charge is 2.48. The third kappa shape index (κ3) is 11.1. The summed E-state index contributed by atoms with van der Waals surface area (Å²) in [7, 11) is 0. The van der Waals surface area contributed by atoms with Gasteiger partial charge in [-0.3, -0.25) is 0 Å². The molecule has 0 amide bonds.